The molecule has 1 unspecified atom stereocenters. The first-order valence-electron chi connectivity index (χ1n) is 5.71. The fraction of sp³-hybridized carbons (Fsp3) is 0.308. The van der Waals surface area contributed by atoms with Crippen molar-refractivity contribution in [1.82, 2.24) is 20.5 Å². The van der Waals surface area contributed by atoms with Crippen molar-refractivity contribution in [3.63, 3.8) is 0 Å². The van der Waals surface area contributed by atoms with Gasteiger partial charge in [0.2, 0.25) is 0 Å². The van der Waals surface area contributed by atoms with E-state index in [0.717, 1.165) is 17.0 Å². The van der Waals surface area contributed by atoms with E-state index in [1.165, 1.54) is 6.20 Å². The van der Waals surface area contributed by atoms with Crippen LogP contribution in [0.15, 0.2) is 24.5 Å². The van der Waals surface area contributed by atoms with E-state index in [1.807, 2.05) is 19.9 Å². The molecular formula is C13H15FN4. The van der Waals surface area contributed by atoms with Crippen molar-refractivity contribution in [3.8, 4) is 0 Å². The highest BCUT2D eigenvalue weighted by molar-refractivity contribution is 5.33. The minimum Gasteiger partial charge on any atom is -0.309 e. The molecule has 1 N–H and O–H groups in total. The van der Waals surface area contributed by atoms with E-state index in [2.05, 4.69) is 20.5 Å². The number of nitrogens with one attached hydrogen (secondary N) is 1. The van der Waals surface area contributed by atoms with Crippen LogP contribution in [0.5, 0.6) is 0 Å². The van der Waals surface area contributed by atoms with Crippen LogP contribution in [0.4, 0.5) is 4.39 Å². The van der Waals surface area contributed by atoms with E-state index >= 15 is 0 Å². The zero-order valence-corrected chi connectivity index (χ0v) is 10.6. The van der Waals surface area contributed by atoms with E-state index in [9.17, 15) is 4.39 Å². The van der Waals surface area contributed by atoms with E-state index in [4.69, 9.17) is 0 Å². The zero-order chi connectivity index (χ0) is 13.1. The lowest BCUT2D eigenvalue weighted by molar-refractivity contribution is 0.567. The first kappa shape index (κ1) is 12.6. The molecule has 0 aliphatic heterocycles. The van der Waals surface area contributed by atoms with E-state index in [-0.39, 0.29) is 11.9 Å². The maximum Gasteiger partial charge on any atom is 0.146 e. The molecule has 4 nitrogen and oxygen atoms in total. The summed E-state index contributed by atoms with van der Waals surface area (Å²) in [6.07, 6.45) is 2.80. The lowest BCUT2D eigenvalue weighted by atomic mass is 9.98. The standard InChI is InChI=1S/C13H15FN4/c1-8-6-11(9(2)18-17-8)13(15-3)10-4-5-16-7-12(10)14/h4-7,13,15H,1-3H3. The van der Waals surface area contributed by atoms with Gasteiger partial charge in [0.25, 0.3) is 0 Å². The normalized spacial score (nSPS) is 12.4. The number of pyridine rings is 1. The van der Waals surface area contributed by atoms with Gasteiger partial charge in [0, 0.05) is 11.8 Å². The van der Waals surface area contributed by atoms with Gasteiger partial charge >= 0.3 is 0 Å². The topological polar surface area (TPSA) is 50.7 Å². The fourth-order valence-corrected chi connectivity index (χ4v) is 1.96. The molecule has 5 heteroatoms. The largest absolute Gasteiger partial charge is 0.309 e. The SMILES string of the molecule is CNC(c1ccncc1F)c1cc(C)nnc1C. The van der Waals surface area contributed by atoms with Gasteiger partial charge in [0.1, 0.15) is 5.82 Å². The van der Waals surface area contributed by atoms with Crippen molar-refractivity contribution in [2.45, 2.75) is 19.9 Å². The van der Waals surface area contributed by atoms with Crippen LogP contribution in [0.1, 0.15) is 28.6 Å². The van der Waals surface area contributed by atoms with Crippen molar-refractivity contribution < 1.29 is 4.39 Å². The highest BCUT2D eigenvalue weighted by Gasteiger charge is 2.19. The van der Waals surface area contributed by atoms with Gasteiger partial charge in [-0.25, -0.2) is 4.39 Å². The number of hydrogen-bond donors (Lipinski definition) is 1. The summed E-state index contributed by atoms with van der Waals surface area (Å²) in [4.78, 5) is 3.76. The Labute approximate surface area is 105 Å². The number of hydrogen-bond acceptors (Lipinski definition) is 4. The molecule has 0 saturated carbocycles. The first-order valence-corrected chi connectivity index (χ1v) is 5.71. The third-order valence-electron chi connectivity index (χ3n) is 2.85. The van der Waals surface area contributed by atoms with Gasteiger partial charge in [-0.2, -0.15) is 10.2 Å². The van der Waals surface area contributed by atoms with Gasteiger partial charge in [0.05, 0.1) is 23.6 Å². The summed E-state index contributed by atoms with van der Waals surface area (Å²) >= 11 is 0. The van der Waals surface area contributed by atoms with Crippen LogP contribution < -0.4 is 5.32 Å². The second kappa shape index (κ2) is 5.18. The number of nitrogens with zero attached hydrogens (tertiary/aromatic N) is 3. The van der Waals surface area contributed by atoms with Crippen molar-refractivity contribution in [2.75, 3.05) is 7.05 Å². The van der Waals surface area contributed by atoms with Gasteiger partial charge in [-0.15, -0.1) is 0 Å². The minimum absolute atomic E-state index is 0.248. The monoisotopic (exact) mass is 246 g/mol. The summed E-state index contributed by atoms with van der Waals surface area (Å²) in [5.41, 5.74) is 3.08. The summed E-state index contributed by atoms with van der Waals surface area (Å²) in [5.74, 6) is -0.328. The lowest BCUT2D eigenvalue weighted by Crippen LogP contribution is -2.21. The summed E-state index contributed by atoms with van der Waals surface area (Å²) in [5, 5.41) is 11.2. The van der Waals surface area contributed by atoms with Gasteiger partial charge in [-0.05, 0) is 38.6 Å². The predicted molar refractivity (Wildman–Crippen MR) is 66.6 cm³/mol. The Kier molecular flexibility index (Phi) is 3.62. The summed E-state index contributed by atoms with van der Waals surface area (Å²) in [7, 11) is 1.79. The molecule has 0 amide bonds. The second-order valence-corrected chi connectivity index (χ2v) is 4.15. The third-order valence-corrected chi connectivity index (χ3v) is 2.85. The van der Waals surface area contributed by atoms with Crippen LogP contribution in [0.3, 0.4) is 0 Å². The van der Waals surface area contributed by atoms with Crippen molar-refractivity contribution in [3.05, 3.63) is 52.9 Å². The highest BCUT2D eigenvalue weighted by Crippen LogP contribution is 2.25. The molecule has 0 bridgehead atoms. The zero-order valence-electron chi connectivity index (χ0n) is 10.6. The Morgan fingerprint density at radius 3 is 2.67 bits per heavy atom. The first-order chi connectivity index (χ1) is 8.63. The highest BCUT2D eigenvalue weighted by atomic mass is 19.1. The molecule has 0 fully saturated rings. The Morgan fingerprint density at radius 1 is 1.22 bits per heavy atom. The Morgan fingerprint density at radius 2 is 2.00 bits per heavy atom. The van der Waals surface area contributed by atoms with Gasteiger partial charge in [-0.1, -0.05) is 0 Å². The quantitative estimate of drug-likeness (QED) is 0.899. The van der Waals surface area contributed by atoms with Crippen LogP contribution in [0.25, 0.3) is 0 Å². The second-order valence-electron chi connectivity index (χ2n) is 4.15. The summed E-state index contributed by atoms with van der Waals surface area (Å²) in [6, 6.07) is 3.34. The van der Waals surface area contributed by atoms with E-state index in [0.29, 0.717) is 5.56 Å². The molecule has 94 valence electrons. The number of rotatable bonds is 3. The lowest BCUT2D eigenvalue weighted by Gasteiger charge is -2.19. The predicted octanol–water partition coefficient (Wildman–Crippen LogP) is 1.94. The number of aryl methyl sites for hydroxylation is 2. The smallest absolute Gasteiger partial charge is 0.146 e. The minimum atomic E-state index is -0.328. The van der Waals surface area contributed by atoms with E-state index < -0.39 is 0 Å². The Balaban J connectivity index is 2.52. The number of halogens is 1. The van der Waals surface area contributed by atoms with Gasteiger partial charge < -0.3 is 5.32 Å². The average molecular weight is 246 g/mol. The molecule has 0 saturated heterocycles. The van der Waals surface area contributed by atoms with Gasteiger partial charge in [-0.3, -0.25) is 4.98 Å². The van der Waals surface area contributed by atoms with E-state index in [1.54, 1.807) is 19.3 Å². The molecule has 2 heterocycles. The van der Waals surface area contributed by atoms with Crippen LogP contribution in [0, 0.1) is 19.7 Å². The fourth-order valence-electron chi connectivity index (χ4n) is 1.96. The van der Waals surface area contributed by atoms with Crippen molar-refractivity contribution in [1.29, 1.82) is 0 Å². The Hall–Kier alpha value is -1.88. The molecule has 0 aromatic carbocycles. The molecule has 2 rings (SSSR count). The molecule has 2 aromatic heterocycles. The van der Waals surface area contributed by atoms with Crippen molar-refractivity contribution in [2.24, 2.45) is 0 Å². The molecule has 18 heavy (non-hydrogen) atoms. The van der Waals surface area contributed by atoms with Crippen LogP contribution in [0.2, 0.25) is 0 Å². The molecule has 0 aliphatic carbocycles. The van der Waals surface area contributed by atoms with Crippen LogP contribution >= 0.6 is 0 Å². The molecule has 0 spiro atoms. The average Bonchev–Trinajstić information content (AvgIpc) is 2.36. The van der Waals surface area contributed by atoms with Gasteiger partial charge in [0.15, 0.2) is 0 Å². The summed E-state index contributed by atoms with van der Waals surface area (Å²) in [6.45, 7) is 3.73. The number of aromatic nitrogens is 3. The maximum atomic E-state index is 13.8. The molecule has 2 aromatic rings. The molecule has 0 aliphatic rings. The molecule has 0 radical (unpaired) electrons. The maximum absolute atomic E-state index is 13.8. The Bertz CT molecular complexity index is 556. The molecule has 1 atom stereocenters. The van der Waals surface area contributed by atoms with Crippen LogP contribution in [-0.4, -0.2) is 22.2 Å². The van der Waals surface area contributed by atoms with Crippen molar-refractivity contribution >= 4 is 0 Å². The molecular weight excluding hydrogens is 231 g/mol. The third kappa shape index (κ3) is 2.36. The van der Waals surface area contributed by atoms with Crippen LogP contribution in [-0.2, 0) is 0 Å². The summed E-state index contributed by atoms with van der Waals surface area (Å²) < 4.78 is 13.8.